The highest BCUT2D eigenvalue weighted by molar-refractivity contribution is 7.89. The number of hydrogen-bond acceptors (Lipinski definition) is 5. The Kier molecular flexibility index (Phi) is 6.71. The largest absolute Gasteiger partial charge is 0.441 e. The van der Waals surface area contributed by atoms with Gasteiger partial charge in [-0.1, -0.05) is 48.0 Å². The molecule has 3 rings (SSSR count). The molecule has 0 saturated heterocycles. The Bertz CT molecular complexity index is 1090. The smallest absolute Gasteiger partial charge is 0.220 e. The number of amides is 1. The maximum absolute atomic E-state index is 12.1. The van der Waals surface area contributed by atoms with E-state index in [1.54, 1.807) is 24.4 Å². The van der Waals surface area contributed by atoms with E-state index in [1.165, 1.54) is 6.26 Å². The van der Waals surface area contributed by atoms with E-state index in [9.17, 15) is 13.2 Å². The van der Waals surface area contributed by atoms with Gasteiger partial charge >= 0.3 is 0 Å². The number of aryl methyl sites for hydroxylation is 1. The van der Waals surface area contributed by atoms with Crippen molar-refractivity contribution in [3.8, 4) is 11.3 Å². The van der Waals surface area contributed by atoms with Crippen LogP contribution >= 0.6 is 11.6 Å². The summed E-state index contributed by atoms with van der Waals surface area (Å²) in [6.07, 6.45) is 3.43. The number of rotatable bonds is 8. The molecule has 3 aromatic rings. The minimum absolute atomic E-state index is 0.00592. The number of nitrogens with one attached hydrogen (secondary N) is 1. The average molecular weight is 433 g/mol. The van der Waals surface area contributed by atoms with E-state index in [0.717, 1.165) is 16.7 Å². The number of sulfone groups is 1. The number of halogens is 1. The fourth-order valence-corrected chi connectivity index (χ4v) is 3.80. The molecule has 152 valence electrons. The number of nitrogens with zero attached hydrogens (tertiary/aromatic N) is 1. The molecular formula is C21H21ClN2O4S. The second-order valence-electron chi connectivity index (χ2n) is 6.76. The summed E-state index contributed by atoms with van der Waals surface area (Å²) in [6, 6.07) is 14.5. The van der Waals surface area contributed by atoms with Crippen molar-refractivity contribution in [3.63, 3.8) is 0 Å². The summed E-state index contributed by atoms with van der Waals surface area (Å²) < 4.78 is 28.3. The third-order valence-corrected chi connectivity index (χ3v) is 5.39. The molecule has 29 heavy (non-hydrogen) atoms. The number of carbonyl (C=O) groups excluding carboxylic acids is 1. The summed E-state index contributed by atoms with van der Waals surface area (Å²) in [5.41, 5.74) is 2.38. The van der Waals surface area contributed by atoms with Crippen LogP contribution < -0.4 is 5.32 Å². The summed E-state index contributed by atoms with van der Waals surface area (Å²) in [6.45, 7) is 0.369. The SMILES string of the molecule is CS(=O)(=O)Cc1ccc(CNC(=O)CCc2ncc(-c3ccccc3Cl)o2)cc1. The van der Waals surface area contributed by atoms with Gasteiger partial charge in [0, 0.05) is 31.2 Å². The molecule has 0 aliphatic rings. The predicted molar refractivity (Wildman–Crippen MR) is 112 cm³/mol. The van der Waals surface area contributed by atoms with Gasteiger partial charge in [0.15, 0.2) is 21.5 Å². The van der Waals surface area contributed by atoms with Crippen LogP contribution in [0.5, 0.6) is 0 Å². The van der Waals surface area contributed by atoms with E-state index in [1.807, 2.05) is 30.3 Å². The third kappa shape index (κ3) is 6.44. The van der Waals surface area contributed by atoms with Crippen LogP contribution in [0.1, 0.15) is 23.4 Å². The predicted octanol–water partition coefficient (Wildman–Crippen LogP) is 3.79. The number of aromatic nitrogens is 1. The van der Waals surface area contributed by atoms with E-state index in [0.29, 0.717) is 29.6 Å². The molecule has 8 heteroatoms. The topological polar surface area (TPSA) is 89.3 Å². The Morgan fingerprint density at radius 2 is 1.79 bits per heavy atom. The van der Waals surface area contributed by atoms with Crippen LogP contribution in [-0.4, -0.2) is 25.6 Å². The van der Waals surface area contributed by atoms with E-state index >= 15 is 0 Å². The van der Waals surface area contributed by atoms with Gasteiger partial charge in [-0.3, -0.25) is 4.79 Å². The van der Waals surface area contributed by atoms with Crippen molar-refractivity contribution in [3.05, 3.63) is 76.8 Å². The van der Waals surface area contributed by atoms with Crippen LogP contribution in [0.4, 0.5) is 0 Å². The lowest BCUT2D eigenvalue weighted by Gasteiger charge is -2.06. The van der Waals surface area contributed by atoms with Crippen molar-refractivity contribution in [2.75, 3.05) is 6.26 Å². The zero-order valence-electron chi connectivity index (χ0n) is 15.9. The van der Waals surface area contributed by atoms with Crippen molar-refractivity contribution < 1.29 is 17.6 Å². The lowest BCUT2D eigenvalue weighted by Crippen LogP contribution is -2.23. The normalized spacial score (nSPS) is 11.4. The number of hydrogen-bond donors (Lipinski definition) is 1. The third-order valence-electron chi connectivity index (χ3n) is 4.20. The molecule has 2 aromatic carbocycles. The molecule has 0 radical (unpaired) electrons. The minimum Gasteiger partial charge on any atom is -0.441 e. The van der Waals surface area contributed by atoms with Gasteiger partial charge in [0.1, 0.15) is 0 Å². The fourth-order valence-electron chi connectivity index (χ4n) is 2.78. The molecule has 0 aliphatic heterocycles. The quantitative estimate of drug-likeness (QED) is 0.585. The Morgan fingerprint density at radius 3 is 2.48 bits per heavy atom. The number of carbonyl (C=O) groups is 1. The Hall–Kier alpha value is -2.64. The summed E-state index contributed by atoms with van der Waals surface area (Å²) in [4.78, 5) is 16.3. The molecule has 1 N–H and O–H groups in total. The van der Waals surface area contributed by atoms with E-state index in [-0.39, 0.29) is 18.1 Å². The first-order valence-corrected chi connectivity index (χ1v) is 11.5. The minimum atomic E-state index is -3.06. The van der Waals surface area contributed by atoms with Crippen LogP contribution in [0, 0.1) is 0 Å². The second kappa shape index (κ2) is 9.24. The van der Waals surface area contributed by atoms with Crippen molar-refractivity contribution in [2.24, 2.45) is 0 Å². The molecule has 0 fully saturated rings. The monoisotopic (exact) mass is 432 g/mol. The molecule has 0 unspecified atom stereocenters. The van der Waals surface area contributed by atoms with Crippen molar-refractivity contribution in [2.45, 2.75) is 25.1 Å². The van der Waals surface area contributed by atoms with Gasteiger partial charge in [-0.05, 0) is 23.3 Å². The van der Waals surface area contributed by atoms with Crippen LogP contribution in [0.15, 0.2) is 59.1 Å². The van der Waals surface area contributed by atoms with Gasteiger partial charge in [0.05, 0.1) is 17.0 Å². The summed E-state index contributed by atoms with van der Waals surface area (Å²) >= 11 is 6.15. The molecule has 0 atom stereocenters. The fraction of sp³-hybridized carbons (Fsp3) is 0.238. The maximum Gasteiger partial charge on any atom is 0.220 e. The highest BCUT2D eigenvalue weighted by Gasteiger charge is 2.11. The molecule has 1 heterocycles. The molecule has 0 bridgehead atoms. The molecule has 6 nitrogen and oxygen atoms in total. The van der Waals surface area contributed by atoms with E-state index in [4.69, 9.17) is 16.0 Å². The highest BCUT2D eigenvalue weighted by Crippen LogP contribution is 2.28. The van der Waals surface area contributed by atoms with Crippen molar-refractivity contribution in [1.82, 2.24) is 10.3 Å². The molecule has 0 saturated carbocycles. The van der Waals surface area contributed by atoms with Gasteiger partial charge in [-0.15, -0.1) is 0 Å². The Labute approximate surface area is 174 Å². The van der Waals surface area contributed by atoms with Gasteiger partial charge < -0.3 is 9.73 Å². The molecule has 1 aromatic heterocycles. The van der Waals surface area contributed by atoms with Gasteiger partial charge in [-0.2, -0.15) is 0 Å². The lowest BCUT2D eigenvalue weighted by atomic mass is 10.1. The van der Waals surface area contributed by atoms with E-state index in [2.05, 4.69) is 10.3 Å². The van der Waals surface area contributed by atoms with Gasteiger partial charge in [-0.25, -0.2) is 13.4 Å². The summed E-state index contributed by atoms with van der Waals surface area (Å²) in [5.74, 6) is 0.925. The first kappa shape index (κ1) is 21.1. The maximum atomic E-state index is 12.1. The van der Waals surface area contributed by atoms with Crippen molar-refractivity contribution >= 4 is 27.3 Å². The van der Waals surface area contributed by atoms with Crippen LogP contribution in [0.2, 0.25) is 5.02 Å². The molecule has 0 spiro atoms. The van der Waals surface area contributed by atoms with Gasteiger partial charge in [0.2, 0.25) is 5.91 Å². The first-order chi connectivity index (χ1) is 13.8. The summed E-state index contributed by atoms with van der Waals surface area (Å²) in [7, 11) is -3.06. The van der Waals surface area contributed by atoms with Crippen LogP contribution in [0.3, 0.4) is 0 Å². The highest BCUT2D eigenvalue weighted by atomic mass is 35.5. The molecule has 1 amide bonds. The standard InChI is InChI=1S/C21H21ClN2O4S/c1-29(26,27)14-16-8-6-15(7-9-16)12-23-20(25)10-11-21-24-13-19(28-21)17-4-2-3-5-18(17)22/h2-9,13H,10-12,14H2,1H3,(H,23,25). The van der Waals surface area contributed by atoms with Crippen molar-refractivity contribution in [1.29, 1.82) is 0 Å². The Morgan fingerprint density at radius 1 is 1.10 bits per heavy atom. The zero-order chi connectivity index (χ0) is 20.9. The Balaban J connectivity index is 1.48. The molecule has 0 aliphatic carbocycles. The van der Waals surface area contributed by atoms with Crippen LogP contribution in [0.25, 0.3) is 11.3 Å². The van der Waals surface area contributed by atoms with E-state index < -0.39 is 9.84 Å². The summed E-state index contributed by atoms with van der Waals surface area (Å²) in [5, 5.41) is 3.42. The molecular weight excluding hydrogens is 412 g/mol. The van der Waals surface area contributed by atoms with Crippen LogP contribution in [-0.2, 0) is 33.4 Å². The average Bonchev–Trinajstić information content (AvgIpc) is 3.14. The lowest BCUT2D eigenvalue weighted by molar-refractivity contribution is -0.121. The zero-order valence-corrected chi connectivity index (χ0v) is 17.5. The van der Waals surface area contributed by atoms with Gasteiger partial charge in [0.25, 0.3) is 0 Å². The first-order valence-electron chi connectivity index (χ1n) is 9.02. The number of oxazole rings is 1. The second-order valence-corrected chi connectivity index (χ2v) is 9.31. The number of benzene rings is 2.